The molecule has 0 amide bonds. The van der Waals surface area contributed by atoms with Gasteiger partial charge < -0.3 is 10.5 Å². The molecule has 2 aromatic carbocycles. The van der Waals surface area contributed by atoms with Gasteiger partial charge in [0.05, 0.1) is 22.2 Å². The van der Waals surface area contributed by atoms with Crippen molar-refractivity contribution in [3.8, 4) is 5.75 Å². The molecule has 0 radical (unpaired) electrons. The molecule has 0 aliphatic rings. The Bertz CT molecular complexity index is 758. The van der Waals surface area contributed by atoms with Gasteiger partial charge in [-0.3, -0.25) is 0 Å². The van der Waals surface area contributed by atoms with Gasteiger partial charge >= 0.3 is 0 Å². The van der Waals surface area contributed by atoms with E-state index < -0.39 is 15.7 Å². The van der Waals surface area contributed by atoms with Crippen molar-refractivity contribution in [1.82, 2.24) is 0 Å². The summed E-state index contributed by atoms with van der Waals surface area (Å²) < 4.78 is 43.6. The van der Waals surface area contributed by atoms with Crippen molar-refractivity contribution in [2.75, 3.05) is 12.8 Å². The molecule has 0 unspecified atom stereocenters. The monoisotopic (exact) mass is 373 g/mol. The standard InChI is InChI=1S/C14H13BrFNO3S/c1-20-14-3-2-9(4-13(14)15)8-21(18,19)12-6-10(16)5-11(17)7-12/h2-7H,8,17H2,1H3. The van der Waals surface area contributed by atoms with Crippen molar-refractivity contribution < 1.29 is 17.5 Å². The fraction of sp³-hybridized carbons (Fsp3) is 0.143. The molecule has 0 spiro atoms. The lowest BCUT2D eigenvalue weighted by Crippen LogP contribution is -2.06. The Morgan fingerprint density at radius 1 is 1.24 bits per heavy atom. The van der Waals surface area contributed by atoms with Gasteiger partial charge in [0.2, 0.25) is 0 Å². The van der Waals surface area contributed by atoms with Gasteiger partial charge in [-0.15, -0.1) is 0 Å². The van der Waals surface area contributed by atoms with E-state index in [1.54, 1.807) is 18.2 Å². The van der Waals surface area contributed by atoms with E-state index in [-0.39, 0.29) is 16.3 Å². The van der Waals surface area contributed by atoms with Crippen LogP contribution in [0.5, 0.6) is 5.75 Å². The highest BCUT2D eigenvalue weighted by Crippen LogP contribution is 2.27. The van der Waals surface area contributed by atoms with Crippen LogP contribution in [0.15, 0.2) is 45.8 Å². The van der Waals surface area contributed by atoms with E-state index in [0.29, 0.717) is 15.8 Å². The lowest BCUT2D eigenvalue weighted by atomic mass is 10.2. The molecular weight excluding hydrogens is 361 g/mol. The molecule has 0 atom stereocenters. The van der Waals surface area contributed by atoms with Crippen molar-refractivity contribution >= 4 is 31.5 Å². The Labute approximate surface area is 130 Å². The lowest BCUT2D eigenvalue weighted by molar-refractivity contribution is 0.412. The second kappa shape index (κ2) is 6.03. The first-order chi connectivity index (χ1) is 9.81. The second-order valence-corrected chi connectivity index (χ2v) is 7.29. The molecule has 0 aliphatic heterocycles. The molecule has 2 N–H and O–H groups in total. The number of ether oxygens (including phenoxy) is 1. The highest BCUT2D eigenvalue weighted by Gasteiger charge is 2.17. The molecule has 0 saturated carbocycles. The average Bonchev–Trinajstić information content (AvgIpc) is 2.37. The van der Waals surface area contributed by atoms with Crippen LogP contribution < -0.4 is 10.5 Å². The van der Waals surface area contributed by atoms with Crippen LogP contribution in [0.2, 0.25) is 0 Å². The summed E-state index contributed by atoms with van der Waals surface area (Å²) in [5.74, 6) is -0.325. The summed E-state index contributed by atoms with van der Waals surface area (Å²) >= 11 is 3.29. The molecule has 0 saturated heterocycles. The highest BCUT2D eigenvalue weighted by molar-refractivity contribution is 9.10. The third kappa shape index (κ3) is 3.74. The topological polar surface area (TPSA) is 69.4 Å². The summed E-state index contributed by atoms with van der Waals surface area (Å²) in [7, 11) is -2.16. The lowest BCUT2D eigenvalue weighted by Gasteiger charge is -2.08. The Morgan fingerprint density at radius 2 is 1.95 bits per heavy atom. The maximum Gasteiger partial charge on any atom is 0.182 e. The van der Waals surface area contributed by atoms with Crippen LogP contribution in [0.3, 0.4) is 0 Å². The van der Waals surface area contributed by atoms with Crippen LogP contribution in [0.25, 0.3) is 0 Å². The molecule has 2 aromatic rings. The smallest absolute Gasteiger partial charge is 0.182 e. The van der Waals surface area contributed by atoms with Gasteiger partial charge in [0.1, 0.15) is 11.6 Å². The Balaban J connectivity index is 2.35. The SMILES string of the molecule is COc1ccc(CS(=O)(=O)c2cc(N)cc(F)c2)cc1Br. The fourth-order valence-electron chi connectivity index (χ4n) is 1.87. The van der Waals surface area contributed by atoms with E-state index in [9.17, 15) is 12.8 Å². The largest absolute Gasteiger partial charge is 0.496 e. The van der Waals surface area contributed by atoms with E-state index in [0.717, 1.165) is 12.1 Å². The minimum atomic E-state index is -3.68. The first kappa shape index (κ1) is 15.8. The summed E-state index contributed by atoms with van der Waals surface area (Å²) in [6.07, 6.45) is 0. The Kier molecular flexibility index (Phi) is 4.53. The maximum atomic E-state index is 13.3. The van der Waals surface area contributed by atoms with Crippen LogP contribution >= 0.6 is 15.9 Å². The molecule has 2 rings (SSSR count). The normalized spacial score (nSPS) is 11.4. The number of rotatable bonds is 4. The average molecular weight is 374 g/mol. The zero-order chi connectivity index (χ0) is 15.6. The molecule has 0 bridgehead atoms. The number of benzene rings is 2. The molecule has 0 aliphatic carbocycles. The van der Waals surface area contributed by atoms with Crippen LogP contribution in [-0.2, 0) is 15.6 Å². The molecule has 7 heteroatoms. The molecule has 0 heterocycles. The van der Waals surface area contributed by atoms with Gasteiger partial charge in [0, 0.05) is 5.69 Å². The van der Waals surface area contributed by atoms with Crippen LogP contribution in [0.4, 0.5) is 10.1 Å². The minimum absolute atomic E-state index is 0.0736. The first-order valence-corrected chi connectivity index (χ1v) is 8.37. The minimum Gasteiger partial charge on any atom is -0.496 e. The van der Waals surface area contributed by atoms with E-state index in [1.165, 1.54) is 13.2 Å². The predicted octanol–water partition coefficient (Wildman–Crippen LogP) is 3.15. The number of nitrogen functional groups attached to an aromatic ring is 1. The van der Waals surface area contributed by atoms with Gasteiger partial charge in [-0.1, -0.05) is 6.07 Å². The molecule has 21 heavy (non-hydrogen) atoms. The quantitative estimate of drug-likeness (QED) is 0.835. The van der Waals surface area contributed by atoms with E-state index >= 15 is 0 Å². The zero-order valence-corrected chi connectivity index (χ0v) is 13.5. The van der Waals surface area contributed by atoms with Crippen molar-refractivity contribution in [2.45, 2.75) is 10.6 Å². The molecular formula is C14H13BrFNO3S. The van der Waals surface area contributed by atoms with Gasteiger partial charge in [-0.05, 0) is 51.8 Å². The van der Waals surface area contributed by atoms with Crippen LogP contribution in [0, 0.1) is 5.82 Å². The summed E-state index contributed by atoms with van der Waals surface area (Å²) in [5.41, 5.74) is 6.12. The summed E-state index contributed by atoms with van der Waals surface area (Å²) in [5, 5.41) is 0. The summed E-state index contributed by atoms with van der Waals surface area (Å²) in [4.78, 5) is -0.132. The zero-order valence-electron chi connectivity index (χ0n) is 11.1. The number of hydrogen-bond donors (Lipinski definition) is 1. The molecule has 0 aromatic heterocycles. The van der Waals surface area contributed by atoms with Crippen molar-refractivity contribution in [3.05, 3.63) is 52.3 Å². The predicted molar refractivity (Wildman–Crippen MR) is 82.4 cm³/mol. The first-order valence-electron chi connectivity index (χ1n) is 5.93. The Morgan fingerprint density at radius 3 is 2.52 bits per heavy atom. The van der Waals surface area contributed by atoms with E-state index in [2.05, 4.69) is 15.9 Å². The highest BCUT2D eigenvalue weighted by atomic mass is 79.9. The number of halogens is 2. The summed E-state index contributed by atoms with van der Waals surface area (Å²) in [6.45, 7) is 0. The van der Waals surface area contributed by atoms with Crippen LogP contribution in [-0.4, -0.2) is 15.5 Å². The number of methoxy groups -OCH3 is 1. The van der Waals surface area contributed by atoms with Gasteiger partial charge in [0.15, 0.2) is 9.84 Å². The van der Waals surface area contributed by atoms with Crippen molar-refractivity contribution in [1.29, 1.82) is 0 Å². The third-order valence-corrected chi connectivity index (χ3v) is 5.11. The molecule has 112 valence electrons. The van der Waals surface area contributed by atoms with Gasteiger partial charge in [-0.2, -0.15) is 0 Å². The van der Waals surface area contributed by atoms with Crippen LogP contribution in [0.1, 0.15) is 5.56 Å². The van der Waals surface area contributed by atoms with E-state index in [1.807, 2.05) is 0 Å². The number of anilines is 1. The van der Waals surface area contributed by atoms with Gasteiger partial charge in [-0.25, -0.2) is 12.8 Å². The molecule has 0 fully saturated rings. The van der Waals surface area contributed by atoms with Gasteiger partial charge in [0.25, 0.3) is 0 Å². The summed E-state index contributed by atoms with van der Waals surface area (Å²) in [6, 6.07) is 8.24. The Hall–Kier alpha value is -1.60. The fourth-order valence-corrected chi connectivity index (χ4v) is 3.85. The number of sulfone groups is 1. The van der Waals surface area contributed by atoms with Crippen molar-refractivity contribution in [3.63, 3.8) is 0 Å². The molecule has 4 nitrogen and oxygen atoms in total. The number of nitrogens with two attached hydrogens (primary N) is 1. The third-order valence-electron chi connectivity index (χ3n) is 2.83. The maximum absolute atomic E-state index is 13.3. The van der Waals surface area contributed by atoms with E-state index in [4.69, 9.17) is 10.5 Å². The number of hydrogen-bond acceptors (Lipinski definition) is 4. The van der Waals surface area contributed by atoms with Crippen molar-refractivity contribution in [2.24, 2.45) is 0 Å². The second-order valence-electron chi connectivity index (χ2n) is 4.45.